The minimum Gasteiger partial charge on any atom is -0.384 e. The highest BCUT2D eigenvalue weighted by molar-refractivity contribution is 5.38. The summed E-state index contributed by atoms with van der Waals surface area (Å²) in [6.07, 6.45) is 11.4. The van der Waals surface area contributed by atoms with Gasteiger partial charge in [-0.3, -0.25) is 0 Å². The van der Waals surface area contributed by atoms with Crippen LogP contribution in [0.3, 0.4) is 0 Å². The Morgan fingerprint density at radius 1 is 1.21 bits per heavy atom. The van der Waals surface area contributed by atoms with Crippen molar-refractivity contribution < 1.29 is 0 Å². The average molecular weight is 263 g/mol. The lowest BCUT2D eigenvalue weighted by atomic mass is 9.86. The second kappa shape index (κ2) is 6.97. The van der Waals surface area contributed by atoms with E-state index in [-0.39, 0.29) is 0 Å². The van der Waals surface area contributed by atoms with Gasteiger partial charge in [0.05, 0.1) is 5.69 Å². The van der Waals surface area contributed by atoms with E-state index in [1.165, 1.54) is 56.5 Å². The molecule has 2 N–H and O–H groups in total. The molecule has 0 atom stereocenters. The van der Waals surface area contributed by atoms with Crippen molar-refractivity contribution in [1.29, 1.82) is 0 Å². The van der Waals surface area contributed by atoms with Crippen LogP contribution in [-0.4, -0.2) is 9.55 Å². The molecule has 1 saturated carbocycles. The molecule has 1 heterocycles. The van der Waals surface area contributed by atoms with Crippen molar-refractivity contribution in [3.05, 3.63) is 11.5 Å². The summed E-state index contributed by atoms with van der Waals surface area (Å²) in [5.41, 5.74) is 7.50. The number of imidazole rings is 1. The molecule has 1 fully saturated rings. The zero-order valence-electron chi connectivity index (χ0n) is 12.6. The Balaban J connectivity index is 2.09. The van der Waals surface area contributed by atoms with E-state index in [2.05, 4.69) is 18.4 Å². The van der Waals surface area contributed by atoms with Gasteiger partial charge in [-0.1, -0.05) is 52.4 Å². The summed E-state index contributed by atoms with van der Waals surface area (Å²) in [6, 6.07) is 0. The highest BCUT2D eigenvalue weighted by atomic mass is 15.1. The van der Waals surface area contributed by atoms with Crippen LogP contribution in [0.4, 0.5) is 5.82 Å². The van der Waals surface area contributed by atoms with Crippen molar-refractivity contribution in [3.8, 4) is 0 Å². The van der Waals surface area contributed by atoms with Crippen molar-refractivity contribution in [1.82, 2.24) is 9.55 Å². The Bertz CT molecular complexity index is 389. The highest BCUT2D eigenvalue weighted by Gasteiger charge is 2.19. The van der Waals surface area contributed by atoms with Crippen LogP contribution < -0.4 is 5.73 Å². The lowest BCUT2D eigenvalue weighted by Gasteiger charge is -2.20. The van der Waals surface area contributed by atoms with Crippen LogP contribution in [0.25, 0.3) is 0 Å². The predicted octanol–water partition coefficient (Wildman–Crippen LogP) is 3.95. The van der Waals surface area contributed by atoms with Crippen LogP contribution in [0.2, 0.25) is 0 Å². The van der Waals surface area contributed by atoms with Gasteiger partial charge in [-0.2, -0.15) is 0 Å². The quantitative estimate of drug-likeness (QED) is 0.844. The number of hydrogen-bond acceptors (Lipinski definition) is 2. The van der Waals surface area contributed by atoms with Crippen LogP contribution in [0.1, 0.15) is 70.3 Å². The number of hydrogen-bond donors (Lipinski definition) is 1. The van der Waals surface area contributed by atoms with E-state index >= 15 is 0 Å². The molecular formula is C16H29N3. The Kier molecular flexibility index (Phi) is 5.29. The maximum absolute atomic E-state index is 6.34. The molecule has 0 radical (unpaired) electrons. The monoisotopic (exact) mass is 263 g/mol. The number of aromatic nitrogens is 2. The van der Waals surface area contributed by atoms with Gasteiger partial charge in [0.1, 0.15) is 11.6 Å². The molecule has 1 aliphatic rings. The van der Waals surface area contributed by atoms with E-state index in [4.69, 9.17) is 10.7 Å². The van der Waals surface area contributed by atoms with Crippen LogP contribution in [0.5, 0.6) is 0 Å². The Morgan fingerprint density at radius 3 is 2.58 bits per heavy atom. The van der Waals surface area contributed by atoms with Crippen molar-refractivity contribution in [2.45, 2.75) is 78.2 Å². The van der Waals surface area contributed by atoms with E-state index in [1.807, 2.05) is 0 Å². The number of nitrogen functional groups attached to an aromatic ring is 1. The summed E-state index contributed by atoms with van der Waals surface area (Å²) in [5.74, 6) is 2.93. The molecule has 0 aromatic carbocycles. The van der Waals surface area contributed by atoms with Gasteiger partial charge in [-0.05, 0) is 18.8 Å². The van der Waals surface area contributed by atoms with Crippen molar-refractivity contribution >= 4 is 5.82 Å². The van der Waals surface area contributed by atoms with Gasteiger partial charge < -0.3 is 10.3 Å². The minimum absolute atomic E-state index is 0.815. The van der Waals surface area contributed by atoms with Crippen LogP contribution in [-0.2, 0) is 19.4 Å². The van der Waals surface area contributed by atoms with E-state index in [0.717, 1.165) is 31.1 Å². The predicted molar refractivity (Wildman–Crippen MR) is 81.2 cm³/mol. The fourth-order valence-electron chi connectivity index (χ4n) is 3.22. The third-order valence-corrected chi connectivity index (χ3v) is 4.42. The SMILES string of the molecule is CCCCn1c(CC)nc(CC2CCCCC2)c1N. The fraction of sp³-hybridized carbons (Fsp3) is 0.812. The van der Waals surface area contributed by atoms with E-state index in [1.54, 1.807) is 0 Å². The molecule has 0 aliphatic heterocycles. The fourth-order valence-corrected chi connectivity index (χ4v) is 3.22. The van der Waals surface area contributed by atoms with E-state index < -0.39 is 0 Å². The number of unbranched alkanes of at least 4 members (excludes halogenated alkanes) is 1. The smallest absolute Gasteiger partial charge is 0.126 e. The highest BCUT2D eigenvalue weighted by Crippen LogP contribution is 2.29. The molecule has 1 aliphatic carbocycles. The van der Waals surface area contributed by atoms with Crippen LogP contribution >= 0.6 is 0 Å². The third kappa shape index (κ3) is 3.52. The Labute approximate surface area is 117 Å². The molecule has 2 rings (SSSR count). The first-order valence-corrected chi connectivity index (χ1v) is 8.10. The molecule has 0 bridgehead atoms. The molecule has 0 spiro atoms. The number of aryl methyl sites for hydroxylation is 1. The molecule has 108 valence electrons. The van der Waals surface area contributed by atoms with Crippen molar-refractivity contribution in [3.63, 3.8) is 0 Å². The lowest BCUT2D eigenvalue weighted by Crippen LogP contribution is -2.11. The lowest BCUT2D eigenvalue weighted by molar-refractivity contribution is 0.355. The molecule has 3 heteroatoms. The molecule has 19 heavy (non-hydrogen) atoms. The van der Waals surface area contributed by atoms with Gasteiger partial charge in [0, 0.05) is 13.0 Å². The summed E-state index contributed by atoms with van der Waals surface area (Å²) >= 11 is 0. The number of nitrogens with zero attached hydrogens (tertiary/aromatic N) is 2. The van der Waals surface area contributed by atoms with Gasteiger partial charge in [0.25, 0.3) is 0 Å². The van der Waals surface area contributed by atoms with E-state index in [9.17, 15) is 0 Å². The summed E-state index contributed by atoms with van der Waals surface area (Å²) in [7, 11) is 0. The van der Waals surface area contributed by atoms with Crippen LogP contribution in [0, 0.1) is 5.92 Å². The molecule has 3 nitrogen and oxygen atoms in total. The maximum atomic E-state index is 6.34. The first-order valence-electron chi connectivity index (χ1n) is 8.10. The first kappa shape index (κ1) is 14.4. The summed E-state index contributed by atoms with van der Waals surface area (Å²) < 4.78 is 2.25. The number of rotatable bonds is 6. The normalized spacial score (nSPS) is 16.9. The van der Waals surface area contributed by atoms with Crippen LogP contribution in [0.15, 0.2) is 0 Å². The zero-order valence-corrected chi connectivity index (χ0v) is 12.6. The molecule has 1 aromatic rings. The topological polar surface area (TPSA) is 43.8 Å². The van der Waals surface area contributed by atoms with Gasteiger partial charge in [0.2, 0.25) is 0 Å². The van der Waals surface area contributed by atoms with Gasteiger partial charge in [-0.25, -0.2) is 4.98 Å². The summed E-state index contributed by atoms with van der Waals surface area (Å²) in [4.78, 5) is 4.81. The van der Waals surface area contributed by atoms with Gasteiger partial charge in [-0.15, -0.1) is 0 Å². The standard InChI is InChI=1S/C16H29N3/c1-3-5-11-19-15(4-2)18-14(16(19)17)12-13-9-7-6-8-10-13/h13H,3-12,17H2,1-2H3. The summed E-state index contributed by atoms with van der Waals surface area (Å²) in [5, 5.41) is 0. The average Bonchev–Trinajstić information content (AvgIpc) is 2.74. The molecule has 0 saturated heterocycles. The number of nitrogens with two attached hydrogens (primary N) is 1. The largest absolute Gasteiger partial charge is 0.384 e. The molecular weight excluding hydrogens is 234 g/mol. The Morgan fingerprint density at radius 2 is 1.95 bits per heavy atom. The maximum Gasteiger partial charge on any atom is 0.126 e. The summed E-state index contributed by atoms with van der Waals surface area (Å²) in [6.45, 7) is 5.43. The van der Waals surface area contributed by atoms with Crippen molar-refractivity contribution in [2.24, 2.45) is 5.92 Å². The second-order valence-electron chi connectivity index (χ2n) is 5.93. The Hall–Kier alpha value is -0.990. The molecule has 1 aromatic heterocycles. The van der Waals surface area contributed by atoms with E-state index in [0.29, 0.717) is 0 Å². The van der Waals surface area contributed by atoms with Gasteiger partial charge in [0.15, 0.2) is 0 Å². The molecule has 0 amide bonds. The minimum atomic E-state index is 0.815. The molecule has 0 unspecified atom stereocenters. The van der Waals surface area contributed by atoms with Gasteiger partial charge >= 0.3 is 0 Å². The van der Waals surface area contributed by atoms with Crippen molar-refractivity contribution in [2.75, 3.05) is 5.73 Å². The second-order valence-corrected chi connectivity index (χ2v) is 5.93. The first-order chi connectivity index (χ1) is 9.26. The number of anilines is 1. The zero-order chi connectivity index (χ0) is 13.7. The third-order valence-electron chi connectivity index (χ3n) is 4.42.